The highest BCUT2D eigenvalue weighted by atomic mass is 16.5. The van der Waals surface area contributed by atoms with Gasteiger partial charge in [0.05, 0.1) is 7.11 Å². The highest BCUT2D eigenvalue weighted by Crippen LogP contribution is 2.35. The van der Waals surface area contributed by atoms with Crippen LogP contribution < -0.4 is 10.5 Å². The average molecular weight is 269 g/mol. The lowest BCUT2D eigenvalue weighted by Gasteiger charge is -2.15. The summed E-state index contributed by atoms with van der Waals surface area (Å²) in [6, 6.07) is 12.8. The van der Waals surface area contributed by atoms with E-state index in [1.54, 1.807) is 7.11 Å². The van der Waals surface area contributed by atoms with E-state index >= 15 is 0 Å². The molecule has 20 heavy (non-hydrogen) atoms. The van der Waals surface area contributed by atoms with Gasteiger partial charge in [0, 0.05) is 11.6 Å². The molecule has 0 amide bonds. The van der Waals surface area contributed by atoms with Gasteiger partial charge < -0.3 is 10.5 Å². The van der Waals surface area contributed by atoms with Crippen LogP contribution in [-0.4, -0.2) is 7.11 Å². The Kier molecular flexibility index (Phi) is 4.46. The molecule has 0 saturated heterocycles. The molecule has 2 N–H and O–H groups in total. The SMILES string of the molecule is CCC(N)c1cccc(-c2ccc(C)c(C)c2OC)c1. The van der Waals surface area contributed by atoms with Gasteiger partial charge in [-0.05, 0) is 48.6 Å². The minimum absolute atomic E-state index is 0.0903. The van der Waals surface area contributed by atoms with Crippen LogP contribution in [-0.2, 0) is 0 Å². The second kappa shape index (κ2) is 6.10. The fourth-order valence-electron chi connectivity index (χ4n) is 2.45. The van der Waals surface area contributed by atoms with Crippen LogP contribution in [0.25, 0.3) is 11.1 Å². The zero-order valence-corrected chi connectivity index (χ0v) is 12.7. The molecule has 0 saturated carbocycles. The summed E-state index contributed by atoms with van der Waals surface area (Å²) in [5.74, 6) is 0.951. The van der Waals surface area contributed by atoms with Crippen LogP contribution in [0.5, 0.6) is 5.75 Å². The van der Waals surface area contributed by atoms with Gasteiger partial charge in [0.15, 0.2) is 0 Å². The van der Waals surface area contributed by atoms with E-state index in [1.807, 2.05) is 0 Å². The van der Waals surface area contributed by atoms with Crippen molar-refractivity contribution in [2.45, 2.75) is 33.2 Å². The monoisotopic (exact) mass is 269 g/mol. The second-order valence-electron chi connectivity index (χ2n) is 5.23. The number of benzene rings is 2. The van der Waals surface area contributed by atoms with Gasteiger partial charge in [-0.3, -0.25) is 0 Å². The van der Waals surface area contributed by atoms with Crippen LogP contribution in [0.15, 0.2) is 36.4 Å². The Morgan fingerprint density at radius 1 is 1.15 bits per heavy atom. The van der Waals surface area contributed by atoms with Crippen molar-refractivity contribution < 1.29 is 4.74 Å². The summed E-state index contributed by atoms with van der Waals surface area (Å²) in [6.45, 7) is 6.30. The van der Waals surface area contributed by atoms with Gasteiger partial charge in [-0.2, -0.15) is 0 Å². The molecule has 0 fully saturated rings. The molecule has 0 radical (unpaired) electrons. The highest BCUT2D eigenvalue weighted by Gasteiger charge is 2.12. The number of hydrogen-bond acceptors (Lipinski definition) is 2. The summed E-state index contributed by atoms with van der Waals surface area (Å²) >= 11 is 0. The van der Waals surface area contributed by atoms with Gasteiger partial charge in [0.2, 0.25) is 0 Å². The van der Waals surface area contributed by atoms with E-state index in [2.05, 4.69) is 57.2 Å². The van der Waals surface area contributed by atoms with Crippen LogP contribution in [0, 0.1) is 13.8 Å². The largest absolute Gasteiger partial charge is 0.496 e. The zero-order valence-electron chi connectivity index (χ0n) is 12.7. The van der Waals surface area contributed by atoms with Crippen LogP contribution in [0.2, 0.25) is 0 Å². The minimum atomic E-state index is 0.0903. The Bertz CT molecular complexity index is 604. The quantitative estimate of drug-likeness (QED) is 0.893. The molecule has 2 aromatic carbocycles. The first-order valence-corrected chi connectivity index (χ1v) is 7.08. The Hall–Kier alpha value is -1.80. The number of ether oxygens (including phenoxy) is 1. The summed E-state index contributed by atoms with van der Waals surface area (Å²) in [5, 5.41) is 0. The summed E-state index contributed by atoms with van der Waals surface area (Å²) in [5.41, 5.74) is 12.0. The summed E-state index contributed by atoms with van der Waals surface area (Å²) < 4.78 is 5.61. The predicted molar refractivity (Wildman–Crippen MR) is 85.1 cm³/mol. The molecule has 0 aliphatic heterocycles. The summed E-state index contributed by atoms with van der Waals surface area (Å²) in [6.07, 6.45) is 0.938. The number of hydrogen-bond donors (Lipinski definition) is 1. The first-order valence-electron chi connectivity index (χ1n) is 7.08. The van der Waals surface area contributed by atoms with E-state index < -0.39 is 0 Å². The Balaban J connectivity index is 2.54. The minimum Gasteiger partial charge on any atom is -0.496 e. The maximum absolute atomic E-state index is 6.13. The predicted octanol–water partition coefficient (Wildman–Crippen LogP) is 4.39. The first-order chi connectivity index (χ1) is 9.58. The molecule has 1 atom stereocenters. The number of nitrogens with two attached hydrogens (primary N) is 1. The number of methoxy groups -OCH3 is 1. The van der Waals surface area contributed by atoms with E-state index in [4.69, 9.17) is 10.5 Å². The van der Waals surface area contributed by atoms with Crippen molar-refractivity contribution in [1.29, 1.82) is 0 Å². The van der Waals surface area contributed by atoms with E-state index in [0.717, 1.165) is 23.3 Å². The van der Waals surface area contributed by atoms with Gasteiger partial charge in [0.25, 0.3) is 0 Å². The standard InChI is InChI=1S/C18H23NO/c1-5-17(19)15-8-6-7-14(11-15)16-10-9-12(2)13(3)18(16)20-4/h6-11,17H,5,19H2,1-4H3. The maximum Gasteiger partial charge on any atom is 0.129 e. The lowest BCUT2D eigenvalue weighted by molar-refractivity contribution is 0.413. The highest BCUT2D eigenvalue weighted by molar-refractivity contribution is 5.73. The normalized spacial score (nSPS) is 12.2. The molecule has 1 unspecified atom stereocenters. The second-order valence-corrected chi connectivity index (χ2v) is 5.23. The van der Waals surface area contributed by atoms with E-state index in [9.17, 15) is 0 Å². The van der Waals surface area contributed by atoms with E-state index in [-0.39, 0.29) is 6.04 Å². The molecule has 2 rings (SSSR count). The molecule has 0 aliphatic carbocycles. The summed E-state index contributed by atoms with van der Waals surface area (Å²) in [7, 11) is 1.73. The van der Waals surface area contributed by atoms with Crippen LogP contribution in [0.1, 0.15) is 36.1 Å². The Labute approximate surface area is 121 Å². The molecular formula is C18H23NO. The number of aryl methyl sites for hydroxylation is 1. The summed E-state index contributed by atoms with van der Waals surface area (Å²) in [4.78, 5) is 0. The lowest BCUT2D eigenvalue weighted by Crippen LogP contribution is -2.08. The first kappa shape index (κ1) is 14.6. The third-order valence-electron chi connectivity index (χ3n) is 3.95. The fraction of sp³-hybridized carbons (Fsp3) is 0.333. The molecule has 0 aliphatic rings. The van der Waals surface area contributed by atoms with Crippen molar-refractivity contribution in [2.24, 2.45) is 5.73 Å². The van der Waals surface area contributed by atoms with Crippen molar-refractivity contribution in [2.75, 3.05) is 7.11 Å². The topological polar surface area (TPSA) is 35.2 Å². The molecule has 2 aromatic rings. The molecule has 2 nitrogen and oxygen atoms in total. The van der Waals surface area contributed by atoms with Gasteiger partial charge in [-0.25, -0.2) is 0 Å². The molecular weight excluding hydrogens is 246 g/mol. The molecule has 2 heteroatoms. The van der Waals surface area contributed by atoms with Crippen molar-refractivity contribution in [3.63, 3.8) is 0 Å². The molecule has 0 spiro atoms. The van der Waals surface area contributed by atoms with Crippen molar-refractivity contribution in [3.8, 4) is 16.9 Å². The van der Waals surface area contributed by atoms with Gasteiger partial charge in [-0.1, -0.05) is 37.3 Å². The molecule has 0 bridgehead atoms. The van der Waals surface area contributed by atoms with E-state index in [1.165, 1.54) is 16.7 Å². The van der Waals surface area contributed by atoms with Crippen molar-refractivity contribution >= 4 is 0 Å². The Morgan fingerprint density at radius 2 is 1.90 bits per heavy atom. The molecule has 106 valence electrons. The molecule has 0 aromatic heterocycles. The third-order valence-corrected chi connectivity index (χ3v) is 3.95. The van der Waals surface area contributed by atoms with Crippen LogP contribution in [0.4, 0.5) is 0 Å². The van der Waals surface area contributed by atoms with E-state index in [0.29, 0.717) is 0 Å². The molecule has 0 heterocycles. The van der Waals surface area contributed by atoms with Crippen LogP contribution >= 0.6 is 0 Å². The van der Waals surface area contributed by atoms with Crippen molar-refractivity contribution in [3.05, 3.63) is 53.1 Å². The van der Waals surface area contributed by atoms with Crippen LogP contribution in [0.3, 0.4) is 0 Å². The lowest BCUT2D eigenvalue weighted by atomic mass is 9.95. The number of rotatable bonds is 4. The van der Waals surface area contributed by atoms with Gasteiger partial charge in [-0.15, -0.1) is 0 Å². The van der Waals surface area contributed by atoms with Gasteiger partial charge in [0.1, 0.15) is 5.75 Å². The zero-order chi connectivity index (χ0) is 14.7. The third kappa shape index (κ3) is 2.70. The smallest absolute Gasteiger partial charge is 0.129 e. The average Bonchev–Trinajstić information content (AvgIpc) is 2.49. The Morgan fingerprint density at radius 3 is 2.55 bits per heavy atom. The fourth-order valence-corrected chi connectivity index (χ4v) is 2.45. The maximum atomic E-state index is 6.13. The van der Waals surface area contributed by atoms with Gasteiger partial charge >= 0.3 is 0 Å². The van der Waals surface area contributed by atoms with Crippen molar-refractivity contribution in [1.82, 2.24) is 0 Å².